The summed E-state index contributed by atoms with van der Waals surface area (Å²) in [7, 11) is 1.30. The van der Waals surface area contributed by atoms with Crippen molar-refractivity contribution < 1.29 is 19.1 Å². The minimum Gasteiger partial charge on any atom is -0.465 e. The topological polar surface area (TPSA) is 88.4 Å². The Bertz CT molecular complexity index is 1110. The molecule has 0 aliphatic carbocycles. The summed E-state index contributed by atoms with van der Waals surface area (Å²) in [6, 6.07) is 24.4. The first-order valence-electron chi connectivity index (χ1n) is 9.04. The van der Waals surface area contributed by atoms with Crippen LogP contribution in [0.4, 0.5) is 5.69 Å². The van der Waals surface area contributed by atoms with Crippen LogP contribution in [-0.2, 0) is 9.53 Å². The summed E-state index contributed by atoms with van der Waals surface area (Å²) < 4.78 is 10.5. The number of benzene rings is 3. The largest absolute Gasteiger partial charge is 0.465 e. The summed E-state index contributed by atoms with van der Waals surface area (Å²) in [5, 5.41) is 12.1. The molecule has 0 spiro atoms. The van der Waals surface area contributed by atoms with Gasteiger partial charge >= 0.3 is 5.97 Å². The van der Waals surface area contributed by atoms with Gasteiger partial charge in [0.25, 0.3) is 5.91 Å². The second-order valence-electron chi connectivity index (χ2n) is 6.15. The molecule has 0 aliphatic heterocycles. The number of hydrogen-bond donors (Lipinski definition) is 1. The Morgan fingerprint density at radius 2 is 1.60 bits per heavy atom. The van der Waals surface area contributed by atoms with E-state index in [4.69, 9.17) is 4.74 Å². The summed E-state index contributed by atoms with van der Waals surface area (Å²) in [6.07, 6.45) is 1.44. The number of methoxy groups -OCH3 is 1. The van der Waals surface area contributed by atoms with Crippen molar-refractivity contribution in [3.63, 3.8) is 0 Å². The van der Waals surface area contributed by atoms with Gasteiger partial charge in [0.1, 0.15) is 17.4 Å². The van der Waals surface area contributed by atoms with Gasteiger partial charge in [0.05, 0.1) is 18.4 Å². The minimum atomic E-state index is -0.571. The summed E-state index contributed by atoms with van der Waals surface area (Å²) in [5.41, 5.74) is 1.33. The summed E-state index contributed by atoms with van der Waals surface area (Å²) in [6.45, 7) is 0. The SMILES string of the molecule is COC(=O)c1ccc(/C=C(\C#N)C(=O)Nc2ccccc2Oc2ccccc2)cc1. The highest BCUT2D eigenvalue weighted by Gasteiger charge is 2.13. The lowest BCUT2D eigenvalue weighted by Gasteiger charge is -2.12. The molecule has 6 nitrogen and oxygen atoms in total. The lowest BCUT2D eigenvalue weighted by Crippen LogP contribution is -2.14. The van der Waals surface area contributed by atoms with E-state index in [1.54, 1.807) is 60.7 Å². The predicted octanol–water partition coefficient (Wildman–Crippen LogP) is 4.81. The van der Waals surface area contributed by atoms with Crippen LogP contribution in [-0.4, -0.2) is 19.0 Å². The van der Waals surface area contributed by atoms with Gasteiger partial charge in [-0.25, -0.2) is 4.79 Å². The molecule has 0 heterocycles. The maximum atomic E-state index is 12.6. The van der Waals surface area contributed by atoms with Crippen LogP contribution in [0.25, 0.3) is 6.08 Å². The van der Waals surface area contributed by atoms with E-state index in [0.717, 1.165) is 0 Å². The van der Waals surface area contributed by atoms with Gasteiger partial charge in [-0.3, -0.25) is 4.79 Å². The molecule has 0 saturated carbocycles. The molecule has 6 heteroatoms. The Balaban J connectivity index is 1.78. The fourth-order valence-electron chi connectivity index (χ4n) is 2.61. The number of nitrogens with one attached hydrogen (secondary N) is 1. The standard InChI is InChI=1S/C24H18N2O4/c1-29-24(28)18-13-11-17(12-14-18)15-19(16-25)23(27)26-21-9-5-6-10-22(21)30-20-7-3-2-4-8-20/h2-15H,1H3,(H,26,27)/b19-15+. The van der Waals surface area contributed by atoms with Gasteiger partial charge in [-0.1, -0.05) is 42.5 Å². The summed E-state index contributed by atoms with van der Waals surface area (Å²) >= 11 is 0. The van der Waals surface area contributed by atoms with E-state index in [0.29, 0.717) is 28.3 Å². The molecule has 30 heavy (non-hydrogen) atoms. The number of esters is 1. The van der Waals surface area contributed by atoms with Gasteiger partial charge in [0.2, 0.25) is 0 Å². The number of amides is 1. The van der Waals surface area contributed by atoms with Crippen molar-refractivity contribution in [3.05, 3.63) is 95.6 Å². The molecule has 0 saturated heterocycles. The smallest absolute Gasteiger partial charge is 0.337 e. The van der Waals surface area contributed by atoms with Crippen LogP contribution in [0.2, 0.25) is 0 Å². The maximum Gasteiger partial charge on any atom is 0.337 e. The van der Waals surface area contributed by atoms with Crippen molar-refractivity contribution in [2.75, 3.05) is 12.4 Å². The molecule has 3 aromatic carbocycles. The number of carbonyl (C=O) groups is 2. The van der Waals surface area contributed by atoms with Crippen LogP contribution in [0.1, 0.15) is 15.9 Å². The van der Waals surface area contributed by atoms with E-state index in [1.165, 1.54) is 13.2 Å². The van der Waals surface area contributed by atoms with Crippen molar-refractivity contribution in [3.8, 4) is 17.6 Å². The zero-order valence-electron chi connectivity index (χ0n) is 16.2. The molecule has 0 radical (unpaired) electrons. The normalized spacial score (nSPS) is 10.6. The van der Waals surface area contributed by atoms with Gasteiger partial charge < -0.3 is 14.8 Å². The molecular weight excluding hydrogens is 380 g/mol. The Labute approximate surface area is 174 Å². The molecule has 148 valence electrons. The Kier molecular flexibility index (Phi) is 6.59. The average Bonchev–Trinajstić information content (AvgIpc) is 2.79. The van der Waals surface area contributed by atoms with Gasteiger partial charge in [-0.15, -0.1) is 0 Å². The molecule has 0 fully saturated rings. The fraction of sp³-hybridized carbons (Fsp3) is 0.0417. The van der Waals surface area contributed by atoms with Crippen LogP contribution in [0.5, 0.6) is 11.5 Å². The first kappa shape index (κ1) is 20.4. The zero-order valence-corrected chi connectivity index (χ0v) is 16.2. The Hall–Kier alpha value is -4.37. The van der Waals surface area contributed by atoms with E-state index >= 15 is 0 Å². The third-order valence-electron chi connectivity index (χ3n) is 4.11. The maximum absolute atomic E-state index is 12.6. The van der Waals surface area contributed by atoms with E-state index in [9.17, 15) is 14.9 Å². The molecule has 0 atom stereocenters. The minimum absolute atomic E-state index is 0.0877. The molecule has 0 aromatic heterocycles. The van der Waals surface area contributed by atoms with Crippen LogP contribution in [0, 0.1) is 11.3 Å². The van der Waals surface area contributed by atoms with Crippen LogP contribution >= 0.6 is 0 Å². The quantitative estimate of drug-likeness (QED) is 0.366. The number of nitrogens with zero attached hydrogens (tertiary/aromatic N) is 1. The molecule has 3 rings (SSSR count). The van der Waals surface area contributed by atoms with Crippen LogP contribution in [0.3, 0.4) is 0 Å². The number of para-hydroxylation sites is 3. The number of nitriles is 1. The molecule has 0 aliphatic rings. The number of hydrogen-bond acceptors (Lipinski definition) is 5. The lowest BCUT2D eigenvalue weighted by atomic mass is 10.1. The van der Waals surface area contributed by atoms with E-state index < -0.39 is 11.9 Å². The Morgan fingerprint density at radius 3 is 2.27 bits per heavy atom. The summed E-state index contributed by atoms with van der Waals surface area (Å²) in [4.78, 5) is 24.2. The Morgan fingerprint density at radius 1 is 0.933 bits per heavy atom. The van der Waals surface area contributed by atoms with E-state index in [1.807, 2.05) is 24.3 Å². The van der Waals surface area contributed by atoms with Crippen molar-refractivity contribution in [2.45, 2.75) is 0 Å². The lowest BCUT2D eigenvalue weighted by molar-refractivity contribution is -0.112. The van der Waals surface area contributed by atoms with Crippen LogP contribution < -0.4 is 10.1 Å². The molecule has 0 bridgehead atoms. The van der Waals surface area contributed by atoms with Crippen molar-refractivity contribution in [1.29, 1.82) is 5.26 Å². The molecule has 0 unspecified atom stereocenters. The van der Waals surface area contributed by atoms with Gasteiger partial charge in [0, 0.05) is 0 Å². The van der Waals surface area contributed by atoms with Crippen molar-refractivity contribution in [2.24, 2.45) is 0 Å². The first-order chi connectivity index (χ1) is 14.6. The van der Waals surface area contributed by atoms with E-state index in [-0.39, 0.29) is 5.57 Å². The molecule has 3 aromatic rings. The number of ether oxygens (including phenoxy) is 2. The zero-order chi connectivity index (χ0) is 21.3. The van der Waals surface area contributed by atoms with Crippen molar-refractivity contribution >= 4 is 23.6 Å². The van der Waals surface area contributed by atoms with Crippen LogP contribution in [0.15, 0.2) is 84.4 Å². The average molecular weight is 398 g/mol. The highest BCUT2D eigenvalue weighted by Crippen LogP contribution is 2.29. The molecule has 1 N–H and O–H groups in total. The van der Waals surface area contributed by atoms with Gasteiger partial charge in [0.15, 0.2) is 5.75 Å². The number of carbonyl (C=O) groups excluding carboxylic acids is 2. The third-order valence-corrected chi connectivity index (χ3v) is 4.11. The fourth-order valence-corrected chi connectivity index (χ4v) is 2.61. The molecule has 1 amide bonds. The first-order valence-corrected chi connectivity index (χ1v) is 9.04. The number of anilines is 1. The predicted molar refractivity (Wildman–Crippen MR) is 113 cm³/mol. The summed E-state index contributed by atoms with van der Waals surface area (Å²) in [5.74, 6) is 0.0511. The van der Waals surface area contributed by atoms with Gasteiger partial charge in [-0.2, -0.15) is 5.26 Å². The number of rotatable bonds is 6. The van der Waals surface area contributed by atoms with Crippen molar-refractivity contribution in [1.82, 2.24) is 0 Å². The highest BCUT2D eigenvalue weighted by molar-refractivity contribution is 6.10. The van der Waals surface area contributed by atoms with E-state index in [2.05, 4.69) is 10.1 Å². The second kappa shape index (κ2) is 9.71. The molecular formula is C24H18N2O4. The van der Waals surface area contributed by atoms with Gasteiger partial charge in [-0.05, 0) is 48.0 Å². The monoisotopic (exact) mass is 398 g/mol. The second-order valence-corrected chi connectivity index (χ2v) is 6.15. The third kappa shape index (κ3) is 5.12. The highest BCUT2D eigenvalue weighted by atomic mass is 16.5.